The van der Waals surface area contributed by atoms with Crippen LogP contribution in [0.25, 0.3) is 0 Å². The van der Waals surface area contributed by atoms with Crippen LogP contribution >= 0.6 is 0 Å². The van der Waals surface area contributed by atoms with Crippen LogP contribution in [0, 0.1) is 0 Å². The molecule has 3 nitrogen and oxygen atoms in total. The van der Waals surface area contributed by atoms with E-state index in [1.807, 2.05) is 36.1 Å². The Kier molecular flexibility index (Phi) is 3.44. The highest BCUT2D eigenvalue weighted by molar-refractivity contribution is 5.95. The second-order valence-electron chi connectivity index (χ2n) is 3.90. The number of carbonyl (C=O) groups excluding carboxylic acids is 1. The van der Waals surface area contributed by atoms with Gasteiger partial charge in [0.1, 0.15) is 5.75 Å². The van der Waals surface area contributed by atoms with Crippen LogP contribution < -0.4 is 9.64 Å². The average molecular weight is 219 g/mol. The Bertz CT molecular complexity index is 376. The van der Waals surface area contributed by atoms with Gasteiger partial charge in [0.05, 0.1) is 12.3 Å². The van der Waals surface area contributed by atoms with Crippen molar-refractivity contribution in [2.24, 2.45) is 0 Å². The second-order valence-corrected chi connectivity index (χ2v) is 3.90. The van der Waals surface area contributed by atoms with Crippen LogP contribution in [-0.4, -0.2) is 19.1 Å². The molecule has 0 aromatic heterocycles. The molecule has 1 amide bonds. The highest BCUT2D eigenvalue weighted by Gasteiger charge is 2.21. The van der Waals surface area contributed by atoms with Crippen molar-refractivity contribution in [1.82, 2.24) is 0 Å². The molecular weight excluding hydrogens is 202 g/mol. The molecule has 0 radical (unpaired) electrons. The van der Waals surface area contributed by atoms with Crippen molar-refractivity contribution >= 4 is 11.6 Å². The van der Waals surface area contributed by atoms with Gasteiger partial charge >= 0.3 is 0 Å². The van der Waals surface area contributed by atoms with Gasteiger partial charge in [0.2, 0.25) is 5.91 Å². The third kappa shape index (κ3) is 2.18. The summed E-state index contributed by atoms with van der Waals surface area (Å²) in [5.41, 5.74) is 0.911. The van der Waals surface area contributed by atoms with Crippen LogP contribution in [0.2, 0.25) is 0 Å². The van der Waals surface area contributed by atoms with E-state index in [0.29, 0.717) is 13.0 Å². The fourth-order valence-corrected chi connectivity index (χ4v) is 2.02. The van der Waals surface area contributed by atoms with Gasteiger partial charge in [-0.1, -0.05) is 12.1 Å². The maximum absolute atomic E-state index is 11.8. The number of para-hydroxylation sites is 2. The summed E-state index contributed by atoms with van der Waals surface area (Å²) >= 11 is 0. The number of ether oxygens (including phenoxy) is 1. The standard InChI is InChI=1S/C13H17NO2/c1-2-16-12-8-4-3-7-11(12)14-10-6-5-9-13(14)15/h3-4,7-8H,2,5-6,9-10H2,1H3. The first-order chi connectivity index (χ1) is 7.83. The summed E-state index contributed by atoms with van der Waals surface area (Å²) in [6.07, 6.45) is 2.73. The van der Waals surface area contributed by atoms with Gasteiger partial charge in [-0.05, 0) is 31.9 Å². The predicted molar refractivity (Wildman–Crippen MR) is 63.8 cm³/mol. The molecule has 1 aliphatic rings. The Labute approximate surface area is 96.0 Å². The molecule has 1 saturated heterocycles. The number of piperidine rings is 1. The number of hydrogen-bond acceptors (Lipinski definition) is 2. The number of benzene rings is 1. The van der Waals surface area contributed by atoms with E-state index in [-0.39, 0.29) is 5.91 Å². The highest BCUT2D eigenvalue weighted by atomic mass is 16.5. The Morgan fingerprint density at radius 1 is 1.31 bits per heavy atom. The lowest BCUT2D eigenvalue weighted by atomic mass is 10.1. The molecule has 0 spiro atoms. The average Bonchev–Trinajstić information content (AvgIpc) is 2.31. The number of rotatable bonds is 3. The topological polar surface area (TPSA) is 29.5 Å². The summed E-state index contributed by atoms with van der Waals surface area (Å²) in [6, 6.07) is 7.75. The lowest BCUT2D eigenvalue weighted by molar-refractivity contribution is -0.119. The van der Waals surface area contributed by atoms with Crippen LogP contribution in [0.4, 0.5) is 5.69 Å². The summed E-state index contributed by atoms with van der Waals surface area (Å²) in [6.45, 7) is 3.39. The lowest BCUT2D eigenvalue weighted by Gasteiger charge is -2.28. The minimum Gasteiger partial charge on any atom is -0.492 e. The molecule has 0 unspecified atom stereocenters. The SMILES string of the molecule is CCOc1ccccc1N1CCCCC1=O. The zero-order chi connectivity index (χ0) is 11.4. The first kappa shape index (κ1) is 11.0. The smallest absolute Gasteiger partial charge is 0.227 e. The molecule has 1 aromatic rings. The van der Waals surface area contributed by atoms with E-state index in [0.717, 1.165) is 30.8 Å². The number of amides is 1. The van der Waals surface area contributed by atoms with Crippen molar-refractivity contribution in [1.29, 1.82) is 0 Å². The third-order valence-corrected chi connectivity index (χ3v) is 2.78. The van der Waals surface area contributed by atoms with Crippen molar-refractivity contribution in [3.05, 3.63) is 24.3 Å². The summed E-state index contributed by atoms with van der Waals surface area (Å²) in [4.78, 5) is 13.7. The molecule has 0 saturated carbocycles. The van der Waals surface area contributed by atoms with Gasteiger partial charge in [-0.3, -0.25) is 4.79 Å². The molecule has 16 heavy (non-hydrogen) atoms. The molecule has 2 rings (SSSR count). The fraction of sp³-hybridized carbons (Fsp3) is 0.462. The summed E-state index contributed by atoms with van der Waals surface area (Å²) in [7, 11) is 0. The van der Waals surface area contributed by atoms with Crippen LogP contribution in [0.3, 0.4) is 0 Å². The van der Waals surface area contributed by atoms with Crippen molar-refractivity contribution < 1.29 is 9.53 Å². The fourth-order valence-electron chi connectivity index (χ4n) is 2.02. The normalized spacial score (nSPS) is 16.3. The maximum atomic E-state index is 11.8. The molecular formula is C13H17NO2. The number of anilines is 1. The largest absolute Gasteiger partial charge is 0.492 e. The van der Waals surface area contributed by atoms with E-state index in [9.17, 15) is 4.79 Å². The summed E-state index contributed by atoms with van der Waals surface area (Å²) < 4.78 is 5.54. The molecule has 0 bridgehead atoms. The van der Waals surface area contributed by atoms with Crippen LogP contribution in [-0.2, 0) is 4.79 Å². The molecule has 3 heteroatoms. The quantitative estimate of drug-likeness (QED) is 0.782. The minimum absolute atomic E-state index is 0.207. The van der Waals surface area contributed by atoms with Gasteiger partial charge in [-0.25, -0.2) is 0 Å². The molecule has 0 N–H and O–H groups in total. The molecule has 1 aromatic carbocycles. The Morgan fingerprint density at radius 3 is 2.88 bits per heavy atom. The van der Waals surface area contributed by atoms with Crippen molar-refractivity contribution in [3.63, 3.8) is 0 Å². The van der Waals surface area contributed by atoms with E-state index >= 15 is 0 Å². The van der Waals surface area contributed by atoms with Crippen LogP contribution in [0.1, 0.15) is 26.2 Å². The minimum atomic E-state index is 0.207. The van der Waals surface area contributed by atoms with E-state index in [1.165, 1.54) is 0 Å². The van der Waals surface area contributed by atoms with Crippen LogP contribution in [0.5, 0.6) is 5.75 Å². The van der Waals surface area contributed by atoms with Crippen molar-refractivity contribution in [3.8, 4) is 5.75 Å². The molecule has 1 aliphatic heterocycles. The Hall–Kier alpha value is -1.51. The molecule has 1 fully saturated rings. The highest BCUT2D eigenvalue weighted by Crippen LogP contribution is 2.30. The van der Waals surface area contributed by atoms with Gasteiger partial charge in [0, 0.05) is 13.0 Å². The van der Waals surface area contributed by atoms with Gasteiger partial charge in [0.25, 0.3) is 0 Å². The van der Waals surface area contributed by atoms with Gasteiger partial charge < -0.3 is 9.64 Å². The van der Waals surface area contributed by atoms with Gasteiger partial charge in [0.15, 0.2) is 0 Å². The van der Waals surface area contributed by atoms with E-state index in [2.05, 4.69) is 0 Å². The molecule has 1 heterocycles. The zero-order valence-corrected chi connectivity index (χ0v) is 9.61. The summed E-state index contributed by atoms with van der Waals surface area (Å²) in [5, 5.41) is 0. The van der Waals surface area contributed by atoms with Crippen molar-refractivity contribution in [2.75, 3.05) is 18.1 Å². The Morgan fingerprint density at radius 2 is 2.12 bits per heavy atom. The Balaban J connectivity index is 2.27. The van der Waals surface area contributed by atoms with Crippen LogP contribution in [0.15, 0.2) is 24.3 Å². The molecule has 0 atom stereocenters. The zero-order valence-electron chi connectivity index (χ0n) is 9.61. The van der Waals surface area contributed by atoms with Crippen molar-refractivity contribution in [2.45, 2.75) is 26.2 Å². The van der Waals surface area contributed by atoms with E-state index in [1.54, 1.807) is 0 Å². The third-order valence-electron chi connectivity index (χ3n) is 2.78. The van der Waals surface area contributed by atoms with E-state index in [4.69, 9.17) is 4.74 Å². The summed E-state index contributed by atoms with van der Waals surface area (Å²) in [5.74, 6) is 1.01. The maximum Gasteiger partial charge on any atom is 0.227 e. The number of carbonyl (C=O) groups is 1. The van der Waals surface area contributed by atoms with Gasteiger partial charge in [-0.15, -0.1) is 0 Å². The number of hydrogen-bond donors (Lipinski definition) is 0. The van der Waals surface area contributed by atoms with Gasteiger partial charge in [-0.2, -0.15) is 0 Å². The molecule has 86 valence electrons. The lowest BCUT2D eigenvalue weighted by Crippen LogP contribution is -2.35. The number of nitrogens with zero attached hydrogens (tertiary/aromatic N) is 1. The second kappa shape index (κ2) is 5.01. The predicted octanol–water partition coefficient (Wildman–Crippen LogP) is 2.60. The first-order valence-corrected chi connectivity index (χ1v) is 5.85. The van der Waals surface area contributed by atoms with E-state index < -0.39 is 0 Å². The molecule has 0 aliphatic carbocycles. The monoisotopic (exact) mass is 219 g/mol. The first-order valence-electron chi connectivity index (χ1n) is 5.85.